The Morgan fingerprint density at radius 1 is 0.737 bits per heavy atom. The summed E-state index contributed by atoms with van der Waals surface area (Å²) in [5.74, 6) is 1.73. The van der Waals surface area contributed by atoms with E-state index in [1.165, 1.54) is 7.11 Å². The lowest BCUT2D eigenvalue weighted by Gasteiger charge is -2.15. The van der Waals surface area contributed by atoms with Crippen molar-refractivity contribution in [1.82, 2.24) is 0 Å². The Labute approximate surface area is 112 Å². The van der Waals surface area contributed by atoms with Gasteiger partial charge in [0.05, 0.1) is 21.3 Å². The van der Waals surface area contributed by atoms with E-state index in [4.69, 9.17) is 14.2 Å². The lowest BCUT2D eigenvalue weighted by Crippen LogP contribution is -1.95. The fourth-order valence-corrected chi connectivity index (χ4v) is 2.05. The number of benzene rings is 2. The van der Waals surface area contributed by atoms with Crippen LogP contribution < -0.4 is 14.2 Å². The molecule has 2 aromatic rings. The van der Waals surface area contributed by atoms with E-state index in [0.29, 0.717) is 17.2 Å². The van der Waals surface area contributed by atoms with Crippen molar-refractivity contribution in [3.63, 3.8) is 0 Å². The molecule has 19 heavy (non-hydrogen) atoms. The highest BCUT2D eigenvalue weighted by Gasteiger charge is 2.16. The molecule has 100 valence electrons. The summed E-state index contributed by atoms with van der Waals surface area (Å²) in [5.41, 5.74) is 1.55. The van der Waals surface area contributed by atoms with Crippen molar-refractivity contribution in [2.45, 2.75) is 0 Å². The lowest BCUT2D eigenvalue weighted by molar-refractivity contribution is 0.355. The molecule has 4 heteroatoms. The molecule has 0 saturated carbocycles. The number of aromatic hydroxyl groups is 1. The SMILES string of the molecule is COc1cccc(-c2cccc(O)c2OC)c1OC. The zero-order valence-electron chi connectivity index (χ0n) is 11.1. The van der Waals surface area contributed by atoms with Crippen LogP contribution in [-0.4, -0.2) is 26.4 Å². The molecule has 0 unspecified atom stereocenters. The average molecular weight is 260 g/mol. The first-order valence-corrected chi connectivity index (χ1v) is 5.80. The van der Waals surface area contributed by atoms with Gasteiger partial charge in [0.15, 0.2) is 23.0 Å². The largest absolute Gasteiger partial charge is 0.504 e. The minimum absolute atomic E-state index is 0.0878. The summed E-state index contributed by atoms with van der Waals surface area (Å²) < 4.78 is 15.9. The molecule has 1 N–H and O–H groups in total. The summed E-state index contributed by atoms with van der Waals surface area (Å²) >= 11 is 0. The maximum Gasteiger partial charge on any atom is 0.168 e. The Morgan fingerprint density at radius 3 is 1.89 bits per heavy atom. The molecule has 2 aromatic carbocycles. The van der Waals surface area contributed by atoms with Gasteiger partial charge in [-0.25, -0.2) is 0 Å². The summed E-state index contributed by atoms with van der Waals surface area (Å²) in [6.07, 6.45) is 0. The maximum absolute atomic E-state index is 9.85. The molecule has 0 atom stereocenters. The van der Waals surface area contributed by atoms with Crippen molar-refractivity contribution >= 4 is 0 Å². The van der Waals surface area contributed by atoms with Crippen LogP contribution in [0.25, 0.3) is 11.1 Å². The van der Waals surface area contributed by atoms with E-state index in [9.17, 15) is 5.11 Å². The van der Waals surface area contributed by atoms with E-state index in [1.807, 2.05) is 24.3 Å². The molecule has 0 aromatic heterocycles. The van der Waals surface area contributed by atoms with E-state index >= 15 is 0 Å². The van der Waals surface area contributed by atoms with Gasteiger partial charge in [0.25, 0.3) is 0 Å². The van der Waals surface area contributed by atoms with Gasteiger partial charge in [-0.05, 0) is 12.1 Å². The Morgan fingerprint density at radius 2 is 1.32 bits per heavy atom. The molecule has 0 bridgehead atoms. The monoisotopic (exact) mass is 260 g/mol. The third kappa shape index (κ3) is 2.29. The highest BCUT2D eigenvalue weighted by molar-refractivity contribution is 5.80. The van der Waals surface area contributed by atoms with Crippen LogP contribution in [0.4, 0.5) is 0 Å². The van der Waals surface area contributed by atoms with Gasteiger partial charge in [0, 0.05) is 11.1 Å². The zero-order valence-corrected chi connectivity index (χ0v) is 11.1. The number of ether oxygens (including phenoxy) is 3. The van der Waals surface area contributed by atoms with Crippen LogP contribution in [0.5, 0.6) is 23.0 Å². The molecule has 0 fully saturated rings. The molecular formula is C15H16O4. The third-order valence-electron chi connectivity index (χ3n) is 2.89. The van der Waals surface area contributed by atoms with Gasteiger partial charge in [-0.2, -0.15) is 0 Å². The van der Waals surface area contributed by atoms with Gasteiger partial charge in [-0.1, -0.05) is 24.3 Å². The molecule has 0 aliphatic carbocycles. The molecular weight excluding hydrogens is 244 g/mol. The summed E-state index contributed by atoms with van der Waals surface area (Å²) in [6, 6.07) is 10.8. The topological polar surface area (TPSA) is 47.9 Å². The highest BCUT2D eigenvalue weighted by Crippen LogP contribution is 2.44. The molecule has 4 nitrogen and oxygen atoms in total. The first-order valence-electron chi connectivity index (χ1n) is 5.80. The normalized spacial score (nSPS) is 10.1. The highest BCUT2D eigenvalue weighted by atomic mass is 16.5. The van der Waals surface area contributed by atoms with E-state index < -0.39 is 0 Å². The second kappa shape index (κ2) is 5.52. The van der Waals surface area contributed by atoms with E-state index in [-0.39, 0.29) is 5.75 Å². The van der Waals surface area contributed by atoms with Crippen LogP contribution in [0, 0.1) is 0 Å². The molecule has 0 amide bonds. The summed E-state index contributed by atoms with van der Waals surface area (Å²) in [5, 5.41) is 9.85. The van der Waals surface area contributed by atoms with Gasteiger partial charge in [-0.15, -0.1) is 0 Å². The molecule has 0 radical (unpaired) electrons. The molecule has 0 saturated heterocycles. The molecule has 0 heterocycles. The van der Waals surface area contributed by atoms with Crippen LogP contribution in [0.1, 0.15) is 0 Å². The standard InChI is InChI=1S/C15H16O4/c1-17-13-9-5-7-11(15(13)19-3)10-6-4-8-12(16)14(10)18-2/h4-9,16H,1-3H3. The number of phenols is 1. The fourth-order valence-electron chi connectivity index (χ4n) is 2.05. The van der Waals surface area contributed by atoms with Crippen LogP contribution in [-0.2, 0) is 0 Å². The van der Waals surface area contributed by atoms with E-state index in [1.54, 1.807) is 26.4 Å². The Kier molecular flexibility index (Phi) is 3.80. The van der Waals surface area contributed by atoms with Crippen LogP contribution >= 0.6 is 0 Å². The molecule has 0 aliphatic rings. The van der Waals surface area contributed by atoms with Gasteiger partial charge >= 0.3 is 0 Å². The predicted molar refractivity (Wildman–Crippen MR) is 73.2 cm³/mol. The second-order valence-corrected chi connectivity index (χ2v) is 3.90. The molecule has 0 spiro atoms. The van der Waals surface area contributed by atoms with Crippen molar-refractivity contribution in [1.29, 1.82) is 0 Å². The zero-order chi connectivity index (χ0) is 13.8. The first kappa shape index (κ1) is 13.1. The van der Waals surface area contributed by atoms with Crippen molar-refractivity contribution in [2.24, 2.45) is 0 Å². The summed E-state index contributed by atoms with van der Waals surface area (Å²) in [4.78, 5) is 0. The second-order valence-electron chi connectivity index (χ2n) is 3.90. The lowest BCUT2D eigenvalue weighted by atomic mass is 10.0. The van der Waals surface area contributed by atoms with Gasteiger partial charge < -0.3 is 19.3 Å². The Bertz CT molecular complexity index is 578. The van der Waals surface area contributed by atoms with Crippen molar-refractivity contribution in [3.8, 4) is 34.1 Å². The minimum atomic E-state index is 0.0878. The van der Waals surface area contributed by atoms with Crippen molar-refractivity contribution in [3.05, 3.63) is 36.4 Å². The number of hydrogen-bond donors (Lipinski definition) is 1. The molecule has 0 aliphatic heterocycles. The third-order valence-corrected chi connectivity index (χ3v) is 2.89. The van der Waals surface area contributed by atoms with Crippen LogP contribution in [0.3, 0.4) is 0 Å². The quantitative estimate of drug-likeness (QED) is 0.917. The number of hydrogen-bond acceptors (Lipinski definition) is 4. The van der Waals surface area contributed by atoms with Gasteiger partial charge in [0.1, 0.15) is 0 Å². The van der Waals surface area contributed by atoms with Crippen molar-refractivity contribution in [2.75, 3.05) is 21.3 Å². The van der Waals surface area contributed by atoms with Gasteiger partial charge in [0.2, 0.25) is 0 Å². The number of para-hydroxylation sites is 2. The predicted octanol–water partition coefficient (Wildman–Crippen LogP) is 3.09. The minimum Gasteiger partial charge on any atom is -0.504 e. The van der Waals surface area contributed by atoms with E-state index in [0.717, 1.165) is 11.1 Å². The Hall–Kier alpha value is -2.36. The Balaban J connectivity index is 2.68. The fraction of sp³-hybridized carbons (Fsp3) is 0.200. The number of rotatable bonds is 4. The number of methoxy groups -OCH3 is 3. The first-order chi connectivity index (χ1) is 9.22. The summed E-state index contributed by atoms with van der Waals surface area (Å²) in [6.45, 7) is 0. The smallest absolute Gasteiger partial charge is 0.168 e. The van der Waals surface area contributed by atoms with Crippen LogP contribution in [0.2, 0.25) is 0 Å². The molecule has 2 rings (SSSR count). The van der Waals surface area contributed by atoms with Crippen molar-refractivity contribution < 1.29 is 19.3 Å². The average Bonchev–Trinajstić information content (AvgIpc) is 2.45. The number of phenolic OH excluding ortho intramolecular Hbond substituents is 1. The van der Waals surface area contributed by atoms with Crippen LogP contribution in [0.15, 0.2) is 36.4 Å². The summed E-state index contributed by atoms with van der Waals surface area (Å²) in [7, 11) is 4.68. The van der Waals surface area contributed by atoms with E-state index in [2.05, 4.69) is 0 Å². The maximum atomic E-state index is 9.85. The van der Waals surface area contributed by atoms with Gasteiger partial charge in [-0.3, -0.25) is 0 Å².